The molecule has 1 rings (SSSR count). The number of hydrogen-bond acceptors (Lipinski definition) is 2. The molecule has 0 aliphatic heterocycles. The molecule has 0 radical (unpaired) electrons. The van der Waals surface area contributed by atoms with Gasteiger partial charge >= 0.3 is 0 Å². The first kappa shape index (κ1) is 10.7. The lowest BCUT2D eigenvalue weighted by Crippen LogP contribution is -2.05. The number of rotatable bonds is 2. The Morgan fingerprint density at radius 3 is 2.93 bits per heavy atom. The Bertz CT molecular complexity index is 363. The highest BCUT2D eigenvalue weighted by molar-refractivity contribution is 5.41. The summed E-state index contributed by atoms with van der Waals surface area (Å²) in [5.41, 5.74) is 7.04. The molecule has 0 fully saturated rings. The Morgan fingerprint density at radius 1 is 1.50 bits per heavy atom. The molecule has 0 amide bonds. The van der Waals surface area contributed by atoms with Crippen molar-refractivity contribution in [2.45, 2.75) is 6.54 Å². The number of nitrogens with two attached hydrogens (primary N) is 1. The largest absolute Gasteiger partial charge is 0.326 e. The quantitative estimate of drug-likeness (QED) is 0.682. The van der Waals surface area contributed by atoms with E-state index in [1.807, 2.05) is 7.05 Å². The average Bonchev–Trinajstić information content (AvgIpc) is 2.19. The topological polar surface area (TPSA) is 38.0 Å². The van der Waals surface area contributed by atoms with E-state index in [4.69, 9.17) is 5.73 Å². The van der Waals surface area contributed by atoms with Crippen LogP contribution in [0.4, 0.5) is 4.39 Å². The van der Waals surface area contributed by atoms with Gasteiger partial charge in [-0.3, -0.25) is 0 Å². The minimum Gasteiger partial charge on any atom is -0.326 e. The van der Waals surface area contributed by atoms with Crippen LogP contribution in [0.5, 0.6) is 0 Å². The maximum absolute atomic E-state index is 12.9. The van der Waals surface area contributed by atoms with Gasteiger partial charge in [-0.15, -0.1) is 0 Å². The van der Waals surface area contributed by atoms with Crippen LogP contribution in [-0.4, -0.2) is 13.6 Å². The van der Waals surface area contributed by atoms with Crippen molar-refractivity contribution in [2.75, 3.05) is 13.6 Å². The van der Waals surface area contributed by atoms with Crippen molar-refractivity contribution < 1.29 is 4.39 Å². The van der Waals surface area contributed by atoms with E-state index in [1.165, 1.54) is 12.1 Å². The summed E-state index contributed by atoms with van der Waals surface area (Å²) in [5.74, 6) is 5.46. The van der Waals surface area contributed by atoms with Crippen LogP contribution >= 0.6 is 0 Å². The van der Waals surface area contributed by atoms with E-state index in [-0.39, 0.29) is 5.82 Å². The molecule has 2 nitrogen and oxygen atoms in total. The summed E-state index contributed by atoms with van der Waals surface area (Å²) in [5, 5.41) is 2.89. The molecule has 1 aromatic carbocycles. The van der Waals surface area contributed by atoms with Gasteiger partial charge in [0.25, 0.3) is 0 Å². The van der Waals surface area contributed by atoms with Gasteiger partial charge in [-0.1, -0.05) is 17.9 Å². The Balaban J connectivity index is 2.94. The van der Waals surface area contributed by atoms with Gasteiger partial charge in [-0.2, -0.15) is 0 Å². The number of halogens is 1. The average molecular weight is 192 g/mol. The third-order valence-electron chi connectivity index (χ3n) is 1.78. The second-order valence-corrected chi connectivity index (χ2v) is 2.84. The van der Waals surface area contributed by atoms with Gasteiger partial charge in [-0.25, -0.2) is 4.39 Å². The molecule has 0 saturated carbocycles. The normalized spacial score (nSPS) is 9.36. The van der Waals surface area contributed by atoms with Crippen molar-refractivity contribution in [2.24, 2.45) is 5.73 Å². The van der Waals surface area contributed by atoms with Gasteiger partial charge in [-0.05, 0) is 24.7 Å². The SMILES string of the molecule is CNCC#Cc1cc(F)ccc1CN. The van der Waals surface area contributed by atoms with Crippen molar-refractivity contribution in [1.29, 1.82) is 0 Å². The van der Waals surface area contributed by atoms with Crippen LogP contribution in [0, 0.1) is 17.7 Å². The second-order valence-electron chi connectivity index (χ2n) is 2.84. The molecule has 3 N–H and O–H groups in total. The molecule has 0 saturated heterocycles. The number of nitrogens with one attached hydrogen (secondary N) is 1. The Morgan fingerprint density at radius 2 is 2.29 bits per heavy atom. The third kappa shape index (κ3) is 2.84. The molecule has 0 aromatic heterocycles. The Kier molecular flexibility index (Phi) is 4.11. The molecule has 0 aliphatic carbocycles. The van der Waals surface area contributed by atoms with E-state index in [0.717, 1.165) is 5.56 Å². The first-order valence-corrected chi connectivity index (χ1v) is 4.40. The summed E-state index contributed by atoms with van der Waals surface area (Å²) < 4.78 is 12.9. The van der Waals surface area contributed by atoms with Crippen molar-refractivity contribution in [3.63, 3.8) is 0 Å². The molecule has 1 aromatic rings. The van der Waals surface area contributed by atoms with Crippen molar-refractivity contribution in [1.82, 2.24) is 5.32 Å². The maximum atomic E-state index is 12.9. The molecular formula is C11H13FN2. The fourth-order valence-electron chi connectivity index (χ4n) is 1.07. The molecular weight excluding hydrogens is 179 g/mol. The molecule has 74 valence electrons. The van der Waals surface area contributed by atoms with Crippen LogP contribution in [0.2, 0.25) is 0 Å². The molecule has 0 heterocycles. The smallest absolute Gasteiger partial charge is 0.124 e. The zero-order chi connectivity index (χ0) is 10.4. The van der Waals surface area contributed by atoms with Gasteiger partial charge in [0.2, 0.25) is 0 Å². The minimum atomic E-state index is -0.282. The third-order valence-corrected chi connectivity index (χ3v) is 1.78. The highest BCUT2D eigenvalue weighted by Crippen LogP contribution is 2.09. The van der Waals surface area contributed by atoms with Gasteiger partial charge in [0.05, 0.1) is 6.54 Å². The van der Waals surface area contributed by atoms with Crippen LogP contribution in [0.1, 0.15) is 11.1 Å². The van der Waals surface area contributed by atoms with E-state index >= 15 is 0 Å². The van der Waals surface area contributed by atoms with E-state index < -0.39 is 0 Å². The Hall–Kier alpha value is -1.37. The van der Waals surface area contributed by atoms with Gasteiger partial charge in [0.1, 0.15) is 5.82 Å². The lowest BCUT2D eigenvalue weighted by atomic mass is 10.1. The molecule has 0 unspecified atom stereocenters. The highest BCUT2D eigenvalue weighted by atomic mass is 19.1. The van der Waals surface area contributed by atoms with Crippen molar-refractivity contribution >= 4 is 0 Å². The standard InChI is InChI=1S/C11H13FN2/c1-14-6-2-3-9-7-11(12)5-4-10(9)8-13/h4-5,7,14H,6,8,13H2,1H3. The summed E-state index contributed by atoms with van der Waals surface area (Å²) in [6.45, 7) is 0.963. The van der Waals surface area contributed by atoms with Crippen molar-refractivity contribution in [3.8, 4) is 11.8 Å². The summed E-state index contributed by atoms with van der Waals surface area (Å²) in [4.78, 5) is 0. The van der Waals surface area contributed by atoms with Crippen molar-refractivity contribution in [3.05, 3.63) is 35.1 Å². The van der Waals surface area contributed by atoms with E-state index in [2.05, 4.69) is 17.2 Å². The fourth-order valence-corrected chi connectivity index (χ4v) is 1.07. The van der Waals surface area contributed by atoms with Crippen LogP contribution < -0.4 is 11.1 Å². The van der Waals surface area contributed by atoms with Crippen LogP contribution in [0.3, 0.4) is 0 Å². The molecule has 0 atom stereocenters. The lowest BCUT2D eigenvalue weighted by molar-refractivity contribution is 0.626. The molecule has 14 heavy (non-hydrogen) atoms. The maximum Gasteiger partial charge on any atom is 0.124 e. The molecule has 0 aliphatic rings. The van der Waals surface area contributed by atoms with Crippen LogP contribution in [0.25, 0.3) is 0 Å². The molecule has 0 spiro atoms. The fraction of sp³-hybridized carbons (Fsp3) is 0.273. The molecule has 3 heteroatoms. The lowest BCUT2D eigenvalue weighted by Gasteiger charge is -2.00. The summed E-state index contributed by atoms with van der Waals surface area (Å²) >= 11 is 0. The van der Waals surface area contributed by atoms with Crippen LogP contribution in [-0.2, 0) is 6.54 Å². The number of hydrogen-bond donors (Lipinski definition) is 2. The zero-order valence-corrected chi connectivity index (χ0v) is 8.10. The summed E-state index contributed by atoms with van der Waals surface area (Å²) in [6.07, 6.45) is 0. The first-order valence-electron chi connectivity index (χ1n) is 4.40. The first-order chi connectivity index (χ1) is 6.77. The second kappa shape index (κ2) is 5.38. The van der Waals surface area contributed by atoms with Gasteiger partial charge in [0.15, 0.2) is 0 Å². The highest BCUT2D eigenvalue weighted by Gasteiger charge is 1.99. The summed E-state index contributed by atoms with van der Waals surface area (Å²) in [6, 6.07) is 4.47. The summed E-state index contributed by atoms with van der Waals surface area (Å²) in [7, 11) is 1.81. The monoisotopic (exact) mass is 192 g/mol. The Labute approximate surface area is 83.3 Å². The zero-order valence-electron chi connectivity index (χ0n) is 8.10. The van der Waals surface area contributed by atoms with Gasteiger partial charge in [0, 0.05) is 12.1 Å². The van der Waals surface area contributed by atoms with E-state index in [9.17, 15) is 4.39 Å². The van der Waals surface area contributed by atoms with Gasteiger partial charge < -0.3 is 11.1 Å². The molecule has 0 bridgehead atoms. The number of benzene rings is 1. The predicted octanol–water partition coefficient (Wildman–Crippen LogP) is 0.855. The van der Waals surface area contributed by atoms with E-state index in [0.29, 0.717) is 18.7 Å². The predicted molar refractivity (Wildman–Crippen MR) is 55.1 cm³/mol. The van der Waals surface area contributed by atoms with E-state index in [1.54, 1.807) is 6.07 Å². The van der Waals surface area contributed by atoms with Crippen LogP contribution in [0.15, 0.2) is 18.2 Å². The minimum absolute atomic E-state index is 0.282.